The molecule has 2 rings (SSSR count). The smallest absolute Gasteiger partial charge is 0.129 e. The third-order valence-electron chi connectivity index (χ3n) is 3.44. The van der Waals surface area contributed by atoms with Crippen LogP contribution in [0.5, 0.6) is 0 Å². The van der Waals surface area contributed by atoms with E-state index in [-0.39, 0.29) is 5.54 Å². The lowest BCUT2D eigenvalue weighted by molar-refractivity contribution is 0.0629. The second-order valence-corrected chi connectivity index (χ2v) is 5.50. The van der Waals surface area contributed by atoms with Crippen LogP contribution in [0.3, 0.4) is 0 Å². The summed E-state index contributed by atoms with van der Waals surface area (Å²) in [5, 5.41) is 3.32. The van der Waals surface area contributed by atoms with Crippen molar-refractivity contribution in [3.8, 4) is 0 Å². The van der Waals surface area contributed by atoms with Crippen molar-refractivity contribution in [2.24, 2.45) is 0 Å². The maximum atomic E-state index is 13.9. The Morgan fingerprint density at radius 2 is 2.00 bits per heavy atom. The Bertz CT molecular complexity index is 446. The molecule has 2 nitrogen and oxygen atoms in total. The van der Waals surface area contributed by atoms with Gasteiger partial charge in [-0.2, -0.15) is 0 Å². The average molecular weight is 255 g/mol. The van der Waals surface area contributed by atoms with Crippen molar-refractivity contribution in [1.29, 1.82) is 0 Å². The van der Waals surface area contributed by atoms with Crippen molar-refractivity contribution in [2.75, 3.05) is 13.2 Å². The van der Waals surface area contributed by atoms with Crippen LogP contribution in [0.1, 0.15) is 37.5 Å². The second kappa shape index (κ2) is 4.94. The lowest BCUT2D eigenvalue weighted by Gasteiger charge is -2.23. The van der Waals surface area contributed by atoms with Gasteiger partial charge in [0.1, 0.15) is 11.6 Å². The average Bonchev–Trinajstić information content (AvgIpc) is 2.45. The largest absolute Gasteiger partial charge is 0.372 e. The number of hydrogen-bond donors (Lipinski definition) is 1. The molecule has 1 aromatic carbocycles. The van der Waals surface area contributed by atoms with E-state index in [2.05, 4.69) is 19.2 Å². The fraction of sp³-hybridized carbons (Fsp3) is 0.571. The molecule has 1 heterocycles. The molecule has 1 N–H and O–H groups in total. The minimum Gasteiger partial charge on any atom is -0.372 e. The van der Waals surface area contributed by atoms with Crippen molar-refractivity contribution in [3.63, 3.8) is 0 Å². The summed E-state index contributed by atoms with van der Waals surface area (Å²) >= 11 is 0. The van der Waals surface area contributed by atoms with E-state index < -0.39 is 17.7 Å². The number of halogens is 2. The minimum absolute atomic E-state index is 0.0333. The topological polar surface area (TPSA) is 21.3 Å². The molecule has 0 aliphatic carbocycles. The molecule has 0 aromatic heterocycles. The van der Waals surface area contributed by atoms with Gasteiger partial charge in [0.2, 0.25) is 0 Å². The summed E-state index contributed by atoms with van der Waals surface area (Å²) in [6.45, 7) is 6.74. The zero-order valence-corrected chi connectivity index (χ0v) is 11.0. The van der Waals surface area contributed by atoms with E-state index >= 15 is 0 Å². The van der Waals surface area contributed by atoms with Crippen LogP contribution in [0.2, 0.25) is 0 Å². The predicted molar refractivity (Wildman–Crippen MR) is 66.5 cm³/mol. The molecule has 1 saturated heterocycles. The van der Waals surface area contributed by atoms with Crippen LogP contribution in [-0.2, 0) is 4.74 Å². The van der Waals surface area contributed by atoms with Crippen molar-refractivity contribution in [1.82, 2.24) is 5.32 Å². The summed E-state index contributed by atoms with van der Waals surface area (Å²) < 4.78 is 33.0. The molecular weight excluding hydrogens is 236 g/mol. The van der Waals surface area contributed by atoms with Gasteiger partial charge in [-0.25, -0.2) is 8.78 Å². The highest BCUT2D eigenvalue weighted by Gasteiger charge is 2.26. The van der Waals surface area contributed by atoms with Gasteiger partial charge >= 0.3 is 0 Å². The van der Waals surface area contributed by atoms with E-state index in [4.69, 9.17) is 4.74 Å². The monoisotopic (exact) mass is 255 g/mol. The number of ether oxygens (including phenoxy) is 1. The van der Waals surface area contributed by atoms with Gasteiger partial charge in [0.25, 0.3) is 0 Å². The Morgan fingerprint density at radius 1 is 1.28 bits per heavy atom. The molecule has 1 aliphatic heterocycles. The lowest BCUT2D eigenvalue weighted by Crippen LogP contribution is -2.39. The first-order chi connectivity index (χ1) is 8.39. The molecule has 0 amide bonds. The number of nitrogens with one attached hydrogen (secondary N) is 1. The highest BCUT2D eigenvalue weighted by molar-refractivity contribution is 5.27. The zero-order valence-electron chi connectivity index (χ0n) is 11.0. The molecule has 1 aliphatic rings. The van der Waals surface area contributed by atoms with Crippen molar-refractivity contribution >= 4 is 0 Å². The minimum atomic E-state index is -0.429. The molecule has 1 aromatic rings. The third kappa shape index (κ3) is 2.87. The Hall–Kier alpha value is -1.00. The molecule has 1 unspecified atom stereocenters. The highest BCUT2D eigenvalue weighted by Crippen LogP contribution is 2.26. The number of hydrogen-bond acceptors (Lipinski definition) is 2. The van der Waals surface area contributed by atoms with Crippen molar-refractivity contribution < 1.29 is 13.5 Å². The number of aryl methyl sites for hydroxylation is 1. The molecule has 0 saturated carbocycles. The lowest BCUT2D eigenvalue weighted by atomic mass is 10.0. The highest BCUT2D eigenvalue weighted by atomic mass is 19.1. The summed E-state index contributed by atoms with van der Waals surface area (Å²) in [5.41, 5.74) is 0.579. The maximum Gasteiger partial charge on any atom is 0.129 e. The Morgan fingerprint density at radius 3 is 2.72 bits per heavy atom. The maximum absolute atomic E-state index is 13.9. The molecule has 18 heavy (non-hydrogen) atoms. The van der Waals surface area contributed by atoms with Crippen LogP contribution in [0.15, 0.2) is 12.1 Å². The molecule has 1 atom stereocenters. The normalized spacial score (nSPS) is 23.7. The van der Waals surface area contributed by atoms with Gasteiger partial charge in [-0.15, -0.1) is 0 Å². The first-order valence-electron chi connectivity index (χ1n) is 6.21. The van der Waals surface area contributed by atoms with Crippen LogP contribution in [-0.4, -0.2) is 18.7 Å². The molecular formula is C14H19F2NO. The molecule has 0 bridgehead atoms. The van der Waals surface area contributed by atoms with E-state index in [1.54, 1.807) is 6.92 Å². The first-order valence-corrected chi connectivity index (χ1v) is 6.21. The molecule has 4 heteroatoms. The van der Waals surface area contributed by atoms with Gasteiger partial charge in [0.05, 0.1) is 6.10 Å². The summed E-state index contributed by atoms with van der Waals surface area (Å²) in [7, 11) is 0. The number of rotatable bonds is 1. The fourth-order valence-corrected chi connectivity index (χ4v) is 2.08. The Labute approximate surface area is 106 Å². The fourth-order valence-electron chi connectivity index (χ4n) is 2.08. The summed E-state index contributed by atoms with van der Waals surface area (Å²) in [6.07, 6.45) is 0.418. The summed E-state index contributed by atoms with van der Waals surface area (Å²) in [5.74, 6) is -0.793. The van der Waals surface area contributed by atoms with Crippen molar-refractivity contribution in [3.05, 3.63) is 34.9 Å². The van der Waals surface area contributed by atoms with Crippen LogP contribution in [0.4, 0.5) is 8.78 Å². The summed E-state index contributed by atoms with van der Waals surface area (Å²) in [6, 6.07) is 2.47. The predicted octanol–water partition coefficient (Wildman–Crippen LogP) is 3.10. The Balaban J connectivity index is 2.24. The first kappa shape index (κ1) is 13.4. The van der Waals surface area contributed by atoms with Crippen LogP contribution in [0.25, 0.3) is 0 Å². The third-order valence-corrected chi connectivity index (χ3v) is 3.44. The van der Waals surface area contributed by atoms with E-state index in [9.17, 15) is 8.78 Å². The van der Waals surface area contributed by atoms with E-state index in [1.807, 2.05) is 0 Å². The van der Waals surface area contributed by atoms with Crippen LogP contribution >= 0.6 is 0 Å². The Kier molecular flexibility index (Phi) is 3.69. The molecule has 100 valence electrons. The molecule has 0 radical (unpaired) electrons. The van der Waals surface area contributed by atoms with Crippen LogP contribution in [0, 0.1) is 18.6 Å². The summed E-state index contributed by atoms with van der Waals surface area (Å²) in [4.78, 5) is 0. The molecule has 0 spiro atoms. The van der Waals surface area contributed by atoms with Gasteiger partial charge in [-0.3, -0.25) is 0 Å². The van der Waals surface area contributed by atoms with Gasteiger partial charge in [0.15, 0.2) is 0 Å². The van der Waals surface area contributed by atoms with Crippen LogP contribution < -0.4 is 5.32 Å². The zero-order chi connectivity index (χ0) is 13.3. The van der Waals surface area contributed by atoms with E-state index in [0.29, 0.717) is 24.3 Å². The van der Waals surface area contributed by atoms with E-state index in [0.717, 1.165) is 6.42 Å². The van der Waals surface area contributed by atoms with Gasteiger partial charge in [0, 0.05) is 24.3 Å². The van der Waals surface area contributed by atoms with Gasteiger partial charge < -0.3 is 10.1 Å². The molecule has 1 fully saturated rings. The second-order valence-electron chi connectivity index (χ2n) is 5.50. The van der Waals surface area contributed by atoms with Gasteiger partial charge in [-0.1, -0.05) is 0 Å². The van der Waals surface area contributed by atoms with Gasteiger partial charge in [-0.05, 0) is 44.9 Å². The standard InChI is InChI=1S/C14H19F2NO/c1-9-6-12(16)10(7-11(9)15)13-8-17-14(2,3)4-5-18-13/h6-7,13,17H,4-5,8H2,1-3H3. The number of benzene rings is 1. The SMILES string of the molecule is Cc1cc(F)c(C2CNC(C)(C)CCO2)cc1F. The van der Waals surface area contributed by atoms with E-state index in [1.165, 1.54) is 12.1 Å². The van der Waals surface area contributed by atoms with Crippen molar-refractivity contribution in [2.45, 2.75) is 38.8 Å². The quantitative estimate of drug-likeness (QED) is 0.832.